The summed E-state index contributed by atoms with van der Waals surface area (Å²) >= 11 is 0. The van der Waals surface area contributed by atoms with Crippen molar-refractivity contribution in [1.82, 2.24) is 9.38 Å². The molecule has 1 aromatic carbocycles. The number of nitrogens with zero attached hydrogens (tertiary/aromatic N) is 2. The van der Waals surface area contributed by atoms with Crippen molar-refractivity contribution in [1.29, 1.82) is 0 Å². The van der Waals surface area contributed by atoms with E-state index in [0.717, 1.165) is 22.4 Å². The lowest BCUT2D eigenvalue weighted by Gasteiger charge is -2.12. The van der Waals surface area contributed by atoms with E-state index < -0.39 is 0 Å². The van der Waals surface area contributed by atoms with E-state index in [4.69, 9.17) is 4.74 Å². The van der Waals surface area contributed by atoms with Crippen molar-refractivity contribution in [3.05, 3.63) is 75.3 Å². The summed E-state index contributed by atoms with van der Waals surface area (Å²) in [5.41, 5.74) is 4.41. The first kappa shape index (κ1) is 14.3. The normalized spacial score (nSPS) is 10.9. The molecule has 0 N–H and O–H groups in total. The summed E-state index contributed by atoms with van der Waals surface area (Å²) in [5.74, 6) is 0.855. The molecule has 22 heavy (non-hydrogen) atoms. The van der Waals surface area contributed by atoms with Crippen LogP contribution in [0, 0.1) is 20.8 Å². The number of rotatable bonds is 3. The number of para-hydroxylation sites is 1. The van der Waals surface area contributed by atoms with Gasteiger partial charge in [0.15, 0.2) is 0 Å². The maximum Gasteiger partial charge on any atom is 0.258 e. The summed E-state index contributed by atoms with van der Waals surface area (Å²) in [6, 6.07) is 11.3. The molecule has 2 heterocycles. The van der Waals surface area contributed by atoms with Crippen LogP contribution in [0.1, 0.15) is 22.4 Å². The molecule has 4 heteroatoms. The fourth-order valence-corrected chi connectivity index (χ4v) is 2.50. The molecule has 0 aliphatic carbocycles. The number of aryl methyl sites for hydroxylation is 3. The Bertz CT molecular complexity index is 877. The number of pyridine rings is 1. The van der Waals surface area contributed by atoms with Crippen molar-refractivity contribution < 1.29 is 4.74 Å². The van der Waals surface area contributed by atoms with Gasteiger partial charge >= 0.3 is 0 Å². The first-order valence-corrected chi connectivity index (χ1v) is 7.22. The van der Waals surface area contributed by atoms with Crippen LogP contribution in [0.3, 0.4) is 0 Å². The average Bonchev–Trinajstić information content (AvgIpc) is 2.46. The predicted octanol–water partition coefficient (Wildman–Crippen LogP) is 3.20. The SMILES string of the molecule is Cc1ccn2c(=O)cc(COc3c(C)cccc3C)nc2c1. The van der Waals surface area contributed by atoms with Gasteiger partial charge in [0.1, 0.15) is 18.0 Å². The number of hydrogen-bond donors (Lipinski definition) is 0. The van der Waals surface area contributed by atoms with Gasteiger partial charge in [-0.1, -0.05) is 18.2 Å². The molecule has 0 atom stereocenters. The van der Waals surface area contributed by atoms with Crippen LogP contribution in [0.4, 0.5) is 0 Å². The van der Waals surface area contributed by atoms with Gasteiger partial charge in [-0.25, -0.2) is 4.98 Å². The minimum atomic E-state index is -0.0925. The van der Waals surface area contributed by atoms with Gasteiger partial charge in [0, 0.05) is 12.3 Å². The Morgan fingerprint density at radius 1 is 1.09 bits per heavy atom. The van der Waals surface area contributed by atoms with Crippen LogP contribution in [-0.4, -0.2) is 9.38 Å². The summed E-state index contributed by atoms with van der Waals surface area (Å²) in [6.45, 7) is 6.28. The van der Waals surface area contributed by atoms with Crippen molar-refractivity contribution >= 4 is 5.65 Å². The van der Waals surface area contributed by atoms with E-state index >= 15 is 0 Å². The molecule has 112 valence electrons. The molecule has 0 aliphatic heterocycles. The number of hydrogen-bond acceptors (Lipinski definition) is 3. The third-order valence-electron chi connectivity index (χ3n) is 3.65. The molecule has 0 saturated carbocycles. The molecular weight excluding hydrogens is 276 g/mol. The van der Waals surface area contributed by atoms with Crippen molar-refractivity contribution in [3.63, 3.8) is 0 Å². The van der Waals surface area contributed by atoms with Gasteiger partial charge in [0.05, 0.1) is 5.69 Å². The second kappa shape index (κ2) is 5.64. The summed E-state index contributed by atoms with van der Waals surface area (Å²) in [4.78, 5) is 16.6. The maximum absolute atomic E-state index is 12.1. The van der Waals surface area contributed by atoms with Crippen LogP contribution in [0.25, 0.3) is 5.65 Å². The van der Waals surface area contributed by atoms with E-state index in [1.165, 1.54) is 10.5 Å². The van der Waals surface area contributed by atoms with Crippen LogP contribution in [0.5, 0.6) is 5.75 Å². The van der Waals surface area contributed by atoms with E-state index in [1.807, 2.05) is 51.1 Å². The van der Waals surface area contributed by atoms with E-state index in [1.54, 1.807) is 6.20 Å². The Labute approximate surface area is 129 Å². The molecule has 0 unspecified atom stereocenters. The lowest BCUT2D eigenvalue weighted by atomic mass is 10.1. The largest absolute Gasteiger partial charge is 0.487 e. The fourth-order valence-electron chi connectivity index (χ4n) is 2.50. The number of ether oxygens (including phenoxy) is 1. The second-order valence-corrected chi connectivity index (χ2v) is 5.53. The maximum atomic E-state index is 12.1. The highest BCUT2D eigenvalue weighted by Crippen LogP contribution is 2.23. The molecule has 4 nitrogen and oxygen atoms in total. The van der Waals surface area contributed by atoms with Gasteiger partial charge < -0.3 is 4.74 Å². The van der Waals surface area contributed by atoms with Crippen LogP contribution >= 0.6 is 0 Å². The van der Waals surface area contributed by atoms with Gasteiger partial charge in [-0.3, -0.25) is 9.20 Å². The second-order valence-electron chi connectivity index (χ2n) is 5.53. The fraction of sp³-hybridized carbons (Fsp3) is 0.222. The molecule has 0 amide bonds. The van der Waals surface area contributed by atoms with Gasteiger partial charge in [-0.15, -0.1) is 0 Å². The van der Waals surface area contributed by atoms with Crippen molar-refractivity contribution in [2.24, 2.45) is 0 Å². The summed E-state index contributed by atoms with van der Waals surface area (Å²) in [7, 11) is 0. The standard InChI is InChI=1S/C18H18N2O2/c1-12-7-8-20-16(9-12)19-15(10-17(20)21)11-22-18-13(2)5-4-6-14(18)3/h4-10H,11H2,1-3H3. The Kier molecular flexibility index (Phi) is 3.67. The third-order valence-corrected chi connectivity index (χ3v) is 3.65. The molecule has 3 aromatic rings. The van der Waals surface area contributed by atoms with E-state index in [9.17, 15) is 4.79 Å². The minimum Gasteiger partial charge on any atom is -0.487 e. The summed E-state index contributed by atoms with van der Waals surface area (Å²) in [6.07, 6.45) is 1.75. The number of benzene rings is 1. The van der Waals surface area contributed by atoms with Gasteiger partial charge in [0.25, 0.3) is 5.56 Å². The van der Waals surface area contributed by atoms with Crippen molar-refractivity contribution in [3.8, 4) is 5.75 Å². The highest BCUT2D eigenvalue weighted by Gasteiger charge is 2.06. The molecule has 0 radical (unpaired) electrons. The van der Waals surface area contributed by atoms with Gasteiger partial charge in [0.2, 0.25) is 0 Å². The van der Waals surface area contributed by atoms with Crippen LogP contribution in [0.2, 0.25) is 0 Å². The molecule has 0 fully saturated rings. The molecule has 3 rings (SSSR count). The van der Waals surface area contributed by atoms with Crippen LogP contribution in [-0.2, 0) is 6.61 Å². The molecule has 2 aromatic heterocycles. The Morgan fingerprint density at radius 2 is 1.82 bits per heavy atom. The minimum absolute atomic E-state index is 0.0925. The highest BCUT2D eigenvalue weighted by atomic mass is 16.5. The van der Waals surface area contributed by atoms with Gasteiger partial charge in [-0.05, 0) is 49.6 Å². The van der Waals surface area contributed by atoms with Crippen molar-refractivity contribution in [2.75, 3.05) is 0 Å². The van der Waals surface area contributed by atoms with E-state index in [2.05, 4.69) is 4.98 Å². The third kappa shape index (κ3) is 2.72. The molecule has 0 bridgehead atoms. The van der Waals surface area contributed by atoms with Crippen molar-refractivity contribution in [2.45, 2.75) is 27.4 Å². The Balaban J connectivity index is 1.93. The molecule has 0 spiro atoms. The zero-order valence-electron chi connectivity index (χ0n) is 13.0. The number of aromatic nitrogens is 2. The zero-order valence-corrected chi connectivity index (χ0v) is 13.0. The van der Waals surface area contributed by atoms with Crippen LogP contribution in [0.15, 0.2) is 47.4 Å². The summed E-state index contributed by atoms with van der Waals surface area (Å²) in [5, 5.41) is 0. The predicted molar refractivity (Wildman–Crippen MR) is 86.4 cm³/mol. The van der Waals surface area contributed by atoms with Gasteiger partial charge in [-0.2, -0.15) is 0 Å². The summed E-state index contributed by atoms with van der Waals surface area (Å²) < 4.78 is 7.41. The first-order chi connectivity index (χ1) is 10.5. The quantitative estimate of drug-likeness (QED) is 0.745. The van der Waals surface area contributed by atoms with Crippen LogP contribution < -0.4 is 10.3 Å². The average molecular weight is 294 g/mol. The van der Waals surface area contributed by atoms with E-state index in [0.29, 0.717) is 11.3 Å². The monoisotopic (exact) mass is 294 g/mol. The lowest BCUT2D eigenvalue weighted by Crippen LogP contribution is -2.16. The number of fused-ring (bicyclic) bond motifs is 1. The molecular formula is C18H18N2O2. The molecule has 0 aliphatic rings. The highest BCUT2D eigenvalue weighted by molar-refractivity contribution is 5.42. The lowest BCUT2D eigenvalue weighted by molar-refractivity contribution is 0.297. The Morgan fingerprint density at radius 3 is 2.55 bits per heavy atom. The first-order valence-electron chi connectivity index (χ1n) is 7.22. The molecule has 0 saturated heterocycles. The van der Waals surface area contributed by atoms with E-state index in [-0.39, 0.29) is 12.2 Å². The Hall–Kier alpha value is -2.62. The zero-order chi connectivity index (χ0) is 15.7. The smallest absolute Gasteiger partial charge is 0.258 e. The topological polar surface area (TPSA) is 43.6 Å².